The molecule has 5 heteroatoms. The van der Waals surface area contributed by atoms with Crippen molar-refractivity contribution in [3.63, 3.8) is 0 Å². The van der Waals surface area contributed by atoms with Gasteiger partial charge in [0.25, 0.3) is 0 Å². The molecule has 0 fully saturated rings. The van der Waals surface area contributed by atoms with Crippen LogP contribution in [0.3, 0.4) is 0 Å². The van der Waals surface area contributed by atoms with Crippen LogP contribution in [0.25, 0.3) is 5.57 Å². The summed E-state index contributed by atoms with van der Waals surface area (Å²) in [5.74, 6) is 0.0994. The number of nitrogens with one attached hydrogen (secondary N) is 2. The first-order valence-electron chi connectivity index (χ1n) is 8.09. The van der Waals surface area contributed by atoms with Crippen LogP contribution in [-0.4, -0.2) is 43.0 Å². The largest absolute Gasteiger partial charge is 0.338 e. The number of hydrogen-bond donors (Lipinski definition) is 2. The van der Waals surface area contributed by atoms with Crippen LogP contribution in [0.2, 0.25) is 0 Å². The molecule has 0 aromatic heterocycles. The zero-order valence-corrected chi connectivity index (χ0v) is 13.8. The molecule has 124 valence electrons. The molecule has 0 saturated heterocycles. The highest BCUT2D eigenvalue weighted by Gasteiger charge is 2.16. The predicted molar refractivity (Wildman–Crippen MR) is 91.9 cm³/mol. The lowest BCUT2D eigenvalue weighted by Crippen LogP contribution is -2.46. The zero-order valence-electron chi connectivity index (χ0n) is 13.8. The molecule has 0 unspecified atom stereocenters. The van der Waals surface area contributed by atoms with Crippen molar-refractivity contribution in [1.82, 2.24) is 15.5 Å². The third-order valence-corrected chi connectivity index (χ3v) is 3.73. The fraction of sp³-hybridized carbons (Fsp3) is 0.444. The number of carbonyl (C=O) groups is 2. The maximum atomic E-state index is 11.9. The van der Waals surface area contributed by atoms with Crippen LogP contribution in [0.15, 0.2) is 36.4 Å². The highest BCUT2D eigenvalue weighted by Crippen LogP contribution is 2.21. The Bertz CT molecular complexity index is 567. The minimum atomic E-state index is -0.416. The lowest BCUT2D eigenvalue weighted by Gasteiger charge is -2.25. The van der Waals surface area contributed by atoms with E-state index in [-0.39, 0.29) is 12.5 Å². The predicted octanol–water partition coefficient (Wildman–Crippen LogP) is 2.26. The number of carbonyl (C=O) groups excluding carboxylic acids is 2. The zero-order chi connectivity index (χ0) is 16.7. The standard InChI is InChI=1S/C18H25N3O2/c1-14(2)12-19-18(23)20-17(22)13-21-10-8-16(9-11-21)15-6-4-3-5-7-15/h3-8,14H,9-13H2,1-2H3,(H2,19,20,22,23). The minimum Gasteiger partial charge on any atom is -0.338 e. The number of nitrogens with zero attached hydrogens (tertiary/aromatic N) is 1. The number of amides is 3. The average molecular weight is 315 g/mol. The third-order valence-electron chi connectivity index (χ3n) is 3.73. The smallest absolute Gasteiger partial charge is 0.321 e. The number of rotatable bonds is 5. The summed E-state index contributed by atoms with van der Waals surface area (Å²) >= 11 is 0. The molecule has 5 nitrogen and oxygen atoms in total. The van der Waals surface area contributed by atoms with Crippen molar-refractivity contribution in [1.29, 1.82) is 0 Å². The molecule has 1 heterocycles. The van der Waals surface area contributed by atoms with E-state index in [0.29, 0.717) is 12.5 Å². The monoisotopic (exact) mass is 315 g/mol. The Morgan fingerprint density at radius 1 is 1.22 bits per heavy atom. The molecule has 1 aromatic carbocycles. The van der Waals surface area contributed by atoms with Gasteiger partial charge in [-0.15, -0.1) is 0 Å². The summed E-state index contributed by atoms with van der Waals surface area (Å²) in [5, 5.41) is 5.05. The van der Waals surface area contributed by atoms with Crippen LogP contribution in [0.1, 0.15) is 25.8 Å². The van der Waals surface area contributed by atoms with Gasteiger partial charge in [0.1, 0.15) is 0 Å². The lowest BCUT2D eigenvalue weighted by molar-refractivity contribution is -0.121. The van der Waals surface area contributed by atoms with E-state index in [1.165, 1.54) is 11.1 Å². The van der Waals surface area contributed by atoms with Gasteiger partial charge in [0.05, 0.1) is 6.54 Å². The van der Waals surface area contributed by atoms with E-state index in [1.54, 1.807) is 0 Å². The number of hydrogen-bond acceptors (Lipinski definition) is 3. The molecule has 3 amide bonds. The third kappa shape index (κ3) is 5.87. The van der Waals surface area contributed by atoms with Gasteiger partial charge < -0.3 is 5.32 Å². The van der Waals surface area contributed by atoms with E-state index in [0.717, 1.165) is 19.5 Å². The Balaban J connectivity index is 1.76. The highest BCUT2D eigenvalue weighted by molar-refractivity contribution is 5.95. The summed E-state index contributed by atoms with van der Waals surface area (Å²) in [6, 6.07) is 9.87. The molecule has 1 aromatic rings. The summed E-state index contributed by atoms with van der Waals surface area (Å²) < 4.78 is 0. The van der Waals surface area contributed by atoms with Crippen LogP contribution in [-0.2, 0) is 4.79 Å². The van der Waals surface area contributed by atoms with Gasteiger partial charge in [0, 0.05) is 19.6 Å². The summed E-state index contributed by atoms with van der Waals surface area (Å²) in [6.07, 6.45) is 3.07. The van der Waals surface area contributed by atoms with Crippen LogP contribution < -0.4 is 10.6 Å². The van der Waals surface area contributed by atoms with Crippen molar-refractivity contribution in [3.05, 3.63) is 42.0 Å². The fourth-order valence-corrected chi connectivity index (χ4v) is 2.48. The molecule has 0 atom stereocenters. The van der Waals surface area contributed by atoms with E-state index in [1.807, 2.05) is 36.9 Å². The second-order valence-electron chi connectivity index (χ2n) is 6.23. The normalized spacial score (nSPS) is 15.2. The van der Waals surface area contributed by atoms with E-state index in [9.17, 15) is 9.59 Å². The van der Waals surface area contributed by atoms with Gasteiger partial charge in [0.2, 0.25) is 5.91 Å². The molecule has 0 spiro atoms. The molecular weight excluding hydrogens is 290 g/mol. The second kappa shape index (κ2) is 8.48. The van der Waals surface area contributed by atoms with Crippen LogP contribution in [0.4, 0.5) is 4.79 Å². The van der Waals surface area contributed by atoms with Crippen molar-refractivity contribution in [2.75, 3.05) is 26.2 Å². The molecule has 1 aliphatic rings. The molecule has 2 rings (SSSR count). The number of urea groups is 1. The average Bonchev–Trinajstić information content (AvgIpc) is 2.54. The van der Waals surface area contributed by atoms with Crippen LogP contribution >= 0.6 is 0 Å². The minimum absolute atomic E-state index is 0.244. The quantitative estimate of drug-likeness (QED) is 0.876. The topological polar surface area (TPSA) is 61.4 Å². The molecule has 0 bridgehead atoms. The first kappa shape index (κ1) is 17.2. The van der Waals surface area contributed by atoms with Gasteiger partial charge in [-0.1, -0.05) is 50.3 Å². The van der Waals surface area contributed by atoms with Crippen LogP contribution in [0.5, 0.6) is 0 Å². The summed E-state index contributed by atoms with van der Waals surface area (Å²) in [6.45, 7) is 6.37. The molecule has 2 N–H and O–H groups in total. The SMILES string of the molecule is CC(C)CNC(=O)NC(=O)CN1CC=C(c2ccccc2)CC1. The van der Waals surface area contributed by atoms with Gasteiger partial charge in [-0.2, -0.15) is 0 Å². The van der Waals surface area contributed by atoms with Crippen molar-refractivity contribution < 1.29 is 9.59 Å². The van der Waals surface area contributed by atoms with E-state index in [2.05, 4.69) is 28.8 Å². The van der Waals surface area contributed by atoms with Crippen molar-refractivity contribution in [3.8, 4) is 0 Å². The van der Waals surface area contributed by atoms with E-state index >= 15 is 0 Å². The summed E-state index contributed by atoms with van der Waals surface area (Å²) in [5.41, 5.74) is 2.56. The van der Waals surface area contributed by atoms with Gasteiger partial charge in [-0.05, 0) is 23.5 Å². The van der Waals surface area contributed by atoms with Crippen molar-refractivity contribution in [2.45, 2.75) is 20.3 Å². The molecule has 0 radical (unpaired) electrons. The van der Waals surface area contributed by atoms with E-state index in [4.69, 9.17) is 0 Å². The maximum Gasteiger partial charge on any atom is 0.321 e. The van der Waals surface area contributed by atoms with Gasteiger partial charge in [0.15, 0.2) is 0 Å². The lowest BCUT2D eigenvalue weighted by atomic mass is 10.00. The Kier molecular flexibility index (Phi) is 6.35. The Hall–Kier alpha value is -2.14. The number of imide groups is 1. The van der Waals surface area contributed by atoms with Crippen molar-refractivity contribution in [2.24, 2.45) is 5.92 Å². The molecule has 1 aliphatic heterocycles. The Morgan fingerprint density at radius 2 is 1.96 bits per heavy atom. The maximum absolute atomic E-state index is 11.9. The van der Waals surface area contributed by atoms with Gasteiger partial charge in [-0.25, -0.2) is 4.79 Å². The Morgan fingerprint density at radius 3 is 2.57 bits per heavy atom. The molecular formula is C18H25N3O2. The van der Waals surface area contributed by atoms with Gasteiger partial charge in [-0.3, -0.25) is 15.0 Å². The van der Waals surface area contributed by atoms with Crippen LogP contribution in [0, 0.1) is 5.92 Å². The molecule has 23 heavy (non-hydrogen) atoms. The Labute approximate surface area is 137 Å². The molecule has 0 aliphatic carbocycles. The van der Waals surface area contributed by atoms with E-state index < -0.39 is 6.03 Å². The molecule has 0 saturated carbocycles. The van der Waals surface area contributed by atoms with Gasteiger partial charge >= 0.3 is 6.03 Å². The first-order chi connectivity index (χ1) is 11.0. The fourth-order valence-electron chi connectivity index (χ4n) is 2.48. The van der Waals surface area contributed by atoms with Crippen molar-refractivity contribution >= 4 is 17.5 Å². The highest BCUT2D eigenvalue weighted by atomic mass is 16.2. The number of benzene rings is 1. The summed E-state index contributed by atoms with van der Waals surface area (Å²) in [4.78, 5) is 25.5. The second-order valence-corrected chi connectivity index (χ2v) is 6.23. The summed E-state index contributed by atoms with van der Waals surface area (Å²) in [7, 11) is 0. The first-order valence-corrected chi connectivity index (χ1v) is 8.09.